The van der Waals surface area contributed by atoms with Gasteiger partial charge in [0.2, 0.25) is 0 Å². The molecule has 1 radical (unpaired) electrons. The molecule has 2 aliphatic heterocycles. The van der Waals surface area contributed by atoms with Gasteiger partial charge in [-0.2, -0.15) is 0 Å². The second kappa shape index (κ2) is 3.83. The highest BCUT2D eigenvalue weighted by Crippen LogP contribution is 2.21. The van der Waals surface area contributed by atoms with Gasteiger partial charge in [-0.25, -0.2) is 0 Å². The molecular weight excluding hydrogens is 190 g/mol. The van der Waals surface area contributed by atoms with Crippen LogP contribution in [0.2, 0.25) is 0 Å². The Balaban J connectivity index is 1.69. The van der Waals surface area contributed by atoms with Crippen LogP contribution in [-0.2, 0) is 9.47 Å². The van der Waals surface area contributed by atoms with Gasteiger partial charge in [-0.3, -0.25) is 0 Å². The Morgan fingerprint density at radius 2 is 1.67 bits per heavy atom. The van der Waals surface area contributed by atoms with E-state index in [2.05, 4.69) is 23.1 Å². The first kappa shape index (κ1) is 9.19. The summed E-state index contributed by atoms with van der Waals surface area (Å²) in [6.07, 6.45) is 0.848. The number of anilines is 1. The summed E-state index contributed by atoms with van der Waals surface area (Å²) in [6, 6.07) is 11.1. The molecule has 0 aromatic heterocycles. The smallest absolute Gasteiger partial charge is 0.0984 e. The molecule has 0 amide bonds. The fourth-order valence-electron chi connectivity index (χ4n) is 1.71. The summed E-state index contributed by atoms with van der Waals surface area (Å²) in [6.45, 7) is 3.76. The van der Waals surface area contributed by atoms with Crippen molar-refractivity contribution in [3.8, 4) is 0 Å². The molecule has 2 saturated heterocycles. The van der Waals surface area contributed by atoms with Crippen LogP contribution in [0.25, 0.3) is 0 Å². The largest absolute Gasteiger partial charge is 0.371 e. The van der Waals surface area contributed by atoms with Crippen molar-refractivity contribution >= 4 is 5.69 Å². The molecule has 1 aromatic rings. The number of rotatable bonds is 5. The lowest BCUT2D eigenvalue weighted by Gasteiger charge is -2.22. The Morgan fingerprint density at radius 1 is 1.13 bits per heavy atom. The molecule has 0 aliphatic carbocycles. The zero-order valence-corrected chi connectivity index (χ0v) is 8.56. The predicted molar refractivity (Wildman–Crippen MR) is 57.0 cm³/mol. The van der Waals surface area contributed by atoms with E-state index >= 15 is 0 Å². The van der Waals surface area contributed by atoms with Crippen LogP contribution >= 0.6 is 0 Å². The van der Waals surface area contributed by atoms with Gasteiger partial charge in [-0.05, 0) is 18.2 Å². The summed E-state index contributed by atoms with van der Waals surface area (Å²) < 4.78 is 10.5. The quantitative estimate of drug-likeness (QED) is 0.672. The molecule has 79 valence electrons. The average Bonchev–Trinajstić information content (AvgIpc) is 3.13. The predicted octanol–water partition coefficient (Wildman–Crippen LogP) is 1.09. The number of nitrogens with zero attached hydrogens (tertiary/aromatic N) is 1. The molecule has 0 spiro atoms. The van der Waals surface area contributed by atoms with Gasteiger partial charge in [0.15, 0.2) is 0 Å². The van der Waals surface area contributed by atoms with Crippen LogP contribution in [0.15, 0.2) is 24.3 Å². The highest BCUT2D eigenvalue weighted by Gasteiger charge is 2.30. The van der Waals surface area contributed by atoms with Crippen LogP contribution in [0.4, 0.5) is 5.69 Å². The van der Waals surface area contributed by atoms with E-state index in [1.54, 1.807) is 0 Å². The Kier molecular flexibility index (Phi) is 2.35. The average molecular weight is 204 g/mol. The Labute approximate surface area is 89.6 Å². The van der Waals surface area contributed by atoms with E-state index in [0.29, 0.717) is 12.2 Å². The second-order valence-corrected chi connectivity index (χ2v) is 4.07. The molecule has 0 saturated carbocycles. The van der Waals surface area contributed by atoms with Gasteiger partial charge in [0, 0.05) is 18.8 Å². The van der Waals surface area contributed by atoms with Gasteiger partial charge in [-0.15, -0.1) is 0 Å². The van der Waals surface area contributed by atoms with E-state index < -0.39 is 0 Å². The molecule has 2 heterocycles. The number of benzene rings is 1. The summed E-state index contributed by atoms with van der Waals surface area (Å²) in [5.41, 5.74) is 1.24. The Bertz CT molecular complexity index is 306. The third-order valence-electron chi connectivity index (χ3n) is 2.72. The lowest BCUT2D eigenvalue weighted by atomic mass is 10.2. The molecule has 2 unspecified atom stereocenters. The van der Waals surface area contributed by atoms with Gasteiger partial charge in [0.05, 0.1) is 25.4 Å². The summed E-state index contributed by atoms with van der Waals surface area (Å²) >= 11 is 0. The van der Waals surface area contributed by atoms with Crippen molar-refractivity contribution in [3.05, 3.63) is 30.3 Å². The van der Waals surface area contributed by atoms with Crippen LogP contribution in [0.1, 0.15) is 0 Å². The maximum absolute atomic E-state index is 5.27. The fraction of sp³-hybridized carbons (Fsp3) is 0.500. The van der Waals surface area contributed by atoms with E-state index in [4.69, 9.17) is 9.47 Å². The molecule has 1 aromatic carbocycles. The third-order valence-corrected chi connectivity index (χ3v) is 2.72. The molecule has 2 atom stereocenters. The summed E-state index contributed by atoms with van der Waals surface area (Å²) in [4.78, 5) is 2.34. The first-order valence-electron chi connectivity index (χ1n) is 5.36. The van der Waals surface area contributed by atoms with Gasteiger partial charge in [-0.1, -0.05) is 12.1 Å². The van der Waals surface area contributed by atoms with Crippen LogP contribution in [0, 0.1) is 6.07 Å². The summed E-state index contributed by atoms with van der Waals surface area (Å²) in [7, 11) is 0. The van der Waals surface area contributed by atoms with Crippen molar-refractivity contribution in [2.45, 2.75) is 12.2 Å². The lowest BCUT2D eigenvalue weighted by molar-refractivity contribution is 0.389. The summed E-state index contributed by atoms with van der Waals surface area (Å²) in [5.74, 6) is 0. The van der Waals surface area contributed by atoms with E-state index in [0.717, 1.165) is 26.3 Å². The van der Waals surface area contributed by atoms with Crippen molar-refractivity contribution < 1.29 is 9.47 Å². The molecule has 0 N–H and O–H groups in total. The molecule has 2 fully saturated rings. The second-order valence-electron chi connectivity index (χ2n) is 4.07. The van der Waals surface area contributed by atoms with Gasteiger partial charge >= 0.3 is 0 Å². The molecule has 3 nitrogen and oxygen atoms in total. The van der Waals surface area contributed by atoms with Gasteiger partial charge < -0.3 is 14.4 Å². The van der Waals surface area contributed by atoms with E-state index in [1.165, 1.54) is 5.69 Å². The Hall–Kier alpha value is -1.06. The zero-order chi connectivity index (χ0) is 10.1. The Morgan fingerprint density at radius 3 is 2.13 bits per heavy atom. The monoisotopic (exact) mass is 204 g/mol. The van der Waals surface area contributed by atoms with Crippen molar-refractivity contribution in [3.63, 3.8) is 0 Å². The highest BCUT2D eigenvalue weighted by atomic mass is 16.6. The van der Waals surface area contributed by atoms with Gasteiger partial charge in [0.25, 0.3) is 0 Å². The van der Waals surface area contributed by atoms with Crippen molar-refractivity contribution in [2.24, 2.45) is 0 Å². The minimum absolute atomic E-state index is 0.424. The molecule has 0 bridgehead atoms. The van der Waals surface area contributed by atoms with Crippen molar-refractivity contribution in [1.29, 1.82) is 0 Å². The van der Waals surface area contributed by atoms with Crippen LogP contribution in [-0.4, -0.2) is 38.5 Å². The summed E-state index contributed by atoms with van der Waals surface area (Å²) in [5, 5.41) is 0. The first-order chi connectivity index (χ1) is 7.42. The maximum Gasteiger partial charge on any atom is 0.0984 e. The third kappa shape index (κ3) is 2.49. The van der Waals surface area contributed by atoms with Crippen molar-refractivity contribution in [2.75, 3.05) is 31.2 Å². The van der Waals surface area contributed by atoms with E-state index in [-0.39, 0.29) is 0 Å². The number of ether oxygens (including phenoxy) is 2. The van der Waals surface area contributed by atoms with Crippen LogP contribution < -0.4 is 4.90 Å². The number of hydrogen-bond acceptors (Lipinski definition) is 3. The topological polar surface area (TPSA) is 28.3 Å². The molecule has 3 rings (SSSR count). The van der Waals surface area contributed by atoms with E-state index in [9.17, 15) is 0 Å². The molecule has 15 heavy (non-hydrogen) atoms. The van der Waals surface area contributed by atoms with Crippen LogP contribution in [0.3, 0.4) is 0 Å². The number of epoxide rings is 2. The highest BCUT2D eigenvalue weighted by molar-refractivity contribution is 5.46. The van der Waals surface area contributed by atoms with Crippen LogP contribution in [0.5, 0.6) is 0 Å². The fourth-order valence-corrected chi connectivity index (χ4v) is 1.71. The van der Waals surface area contributed by atoms with Crippen molar-refractivity contribution in [1.82, 2.24) is 0 Å². The lowest BCUT2D eigenvalue weighted by Crippen LogP contribution is -2.31. The molecule has 2 aliphatic rings. The molecule has 3 heteroatoms. The zero-order valence-electron chi connectivity index (χ0n) is 8.56. The minimum Gasteiger partial charge on any atom is -0.371 e. The molecular formula is C12H14NO2. The first-order valence-corrected chi connectivity index (χ1v) is 5.36. The van der Waals surface area contributed by atoms with E-state index in [1.807, 2.05) is 12.1 Å². The van der Waals surface area contributed by atoms with Gasteiger partial charge in [0.1, 0.15) is 0 Å². The standard InChI is InChI=1S/C12H14NO2/c1-2-4-10(5-3-1)13(6-11-8-14-11)7-12-9-15-12/h2-5,11-12H,6-9H2. The normalized spacial score (nSPS) is 27.5. The minimum atomic E-state index is 0.424. The maximum atomic E-state index is 5.27. The SMILES string of the molecule is [c]1ccc(N(CC2CO2)CC2CO2)cc1. The number of hydrogen-bond donors (Lipinski definition) is 0.